The van der Waals surface area contributed by atoms with E-state index in [1.807, 2.05) is 0 Å². The van der Waals surface area contributed by atoms with Gasteiger partial charge >= 0.3 is 15.5 Å². The number of rotatable bonds is 2. The minimum Gasteiger partial charge on any atom is -0.312 e. The van der Waals surface area contributed by atoms with Gasteiger partial charge in [0.25, 0.3) is 0 Å². The Bertz CT molecular complexity index is 161. The van der Waals surface area contributed by atoms with Gasteiger partial charge in [0.15, 0.2) is 0 Å². The molecule has 5 N–H and O–H groups in total. The maximum atomic E-state index is 9.74. The third-order valence-electron chi connectivity index (χ3n) is 0.261. The molecular formula is CH8BNO6P2. The fourth-order valence-electron chi connectivity index (χ4n) is 0.170. The van der Waals surface area contributed by atoms with E-state index in [1.54, 1.807) is 0 Å². The molecule has 0 aliphatic heterocycles. The Labute approximate surface area is 64.7 Å². The smallest absolute Gasteiger partial charge is 0.312 e. The van der Waals surface area contributed by atoms with E-state index in [9.17, 15) is 9.13 Å². The lowest BCUT2D eigenvalue weighted by atomic mass is 10.2. The Morgan fingerprint density at radius 3 is 1.18 bits per heavy atom. The molecule has 10 heteroatoms. The zero-order valence-electron chi connectivity index (χ0n) is 5.58. The minimum atomic E-state index is -4.80. The highest BCUT2D eigenvalue weighted by molar-refractivity contribution is 7.65. The second-order valence-corrected chi connectivity index (χ2v) is 4.16. The van der Waals surface area contributed by atoms with Gasteiger partial charge in [0.05, 0.1) is 7.85 Å². The molecule has 0 aromatic heterocycles. The molecular weight excluding hydrogens is 195 g/mol. The van der Waals surface area contributed by atoms with Crippen LogP contribution in [0, 0.1) is 0 Å². The maximum Gasteiger partial charge on any atom is 0.409 e. The number of hydrogen-bond acceptors (Lipinski definition) is 2. The Hall–Kier alpha value is 0.325. The second kappa shape index (κ2) is 5.06. The molecule has 0 saturated carbocycles. The average molecular weight is 203 g/mol. The Morgan fingerprint density at radius 2 is 1.18 bits per heavy atom. The van der Waals surface area contributed by atoms with E-state index in [0.29, 0.717) is 0 Å². The van der Waals surface area contributed by atoms with Crippen LogP contribution in [0.15, 0.2) is 0 Å². The van der Waals surface area contributed by atoms with Crippen molar-refractivity contribution in [2.45, 2.75) is 6.82 Å². The predicted octanol–water partition coefficient (Wildman–Crippen LogP) is -1.04. The molecule has 0 unspecified atom stereocenters. The summed E-state index contributed by atoms with van der Waals surface area (Å²) in [5, 5.41) is 0. The first-order valence-electron chi connectivity index (χ1n) is 2.19. The fourth-order valence-corrected chi connectivity index (χ4v) is 1.53. The van der Waals surface area contributed by atoms with Crippen LogP contribution in [0.5, 0.6) is 0 Å². The third-order valence-corrected chi connectivity index (χ3v) is 2.34. The molecule has 0 fully saturated rings. The molecule has 0 bridgehead atoms. The van der Waals surface area contributed by atoms with Crippen molar-refractivity contribution in [1.29, 1.82) is 0 Å². The number of hydrogen-bond donors (Lipinski definition) is 5. The molecule has 66 valence electrons. The average Bonchev–Trinajstić information content (AvgIpc) is 1.60. The van der Waals surface area contributed by atoms with Crippen molar-refractivity contribution in [3.05, 3.63) is 0 Å². The summed E-state index contributed by atoms with van der Waals surface area (Å²) in [6.45, 7) is 1.50. The van der Waals surface area contributed by atoms with Crippen LogP contribution in [-0.2, 0) is 9.13 Å². The fraction of sp³-hybridized carbons (Fsp3) is 1.00. The summed E-state index contributed by atoms with van der Waals surface area (Å²) < 4.78 is 19.5. The number of nitrogens with one attached hydrogen (secondary N) is 1. The molecule has 0 heterocycles. The summed E-state index contributed by atoms with van der Waals surface area (Å²) in [4.78, 5) is 32.2. The van der Waals surface area contributed by atoms with E-state index < -0.39 is 15.5 Å². The Balaban J connectivity index is 0. The van der Waals surface area contributed by atoms with Crippen LogP contribution in [0.3, 0.4) is 0 Å². The van der Waals surface area contributed by atoms with Crippen LogP contribution < -0.4 is 4.86 Å². The summed E-state index contributed by atoms with van der Waals surface area (Å²) in [5.74, 6) is 0. The van der Waals surface area contributed by atoms with Gasteiger partial charge < -0.3 is 19.6 Å². The predicted molar refractivity (Wildman–Crippen MR) is 38.8 cm³/mol. The zero-order valence-corrected chi connectivity index (χ0v) is 7.37. The molecule has 7 nitrogen and oxygen atoms in total. The molecule has 0 amide bonds. The van der Waals surface area contributed by atoms with Crippen LogP contribution in [0.2, 0.25) is 6.82 Å². The van der Waals surface area contributed by atoms with Gasteiger partial charge in [-0.1, -0.05) is 6.82 Å². The van der Waals surface area contributed by atoms with Gasteiger partial charge in [-0.05, 0) is 0 Å². The normalized spacial score (nSPS) is 11.7. The van der Waals surface area contributed by atoms with Crippen molar-refractivity contribution in [1.82, 2.24) is 4.86 Å². The summed E-state index contributed by atoms with van der Waals surface area (Å²) in [6, 6.07) is 0. The van der Waals surface area contributed by atoms with Crippen LogP contribution in [0.4, 0.5) is 0 Å². The highest BCUT2D eigenvalue weighted by Crippen LogP contribution is 2.43. The summed E-state index contributed by atoms with van der Waals surface area (Å²) >= 11 is 0. The zero-order chi connectivity index (χ0) is 9.71. The Kier molecular flexibility index (Phi) is 6.38. The summed E-state index contributed by atoms with van der Waals surface area (Å²) in [6.07, 6.45) is 0. The standard InChI is InChI=1S/CH3B.H5NO6P2/c1-2;2-8(3,4)1-9(5,6)7/h1H3;(H5,1,2,3,4,5,6,7). The van der Waals surface area contributed by atoms with Crippen molar-refractivity contribution in [3.8, 4) is 0 Å². The molecule has 0 spiro atoms. The molecule has 0 aliphatic carbocycles. The van der Waals surface area contributed by atoms with E-state index in [0.717, 1.165) is 4.86 Å². The van der Waals surface area contributed by atoms with E-state index in [1.165, 1.54) is 6.82 Å². The van der Waals surface area contributed by atoms with Gasteiger partial charge in [0.1, 0.15) is 0 Å². The largest absolute Gasteiger partial charge is 0.409 e. The molecule has 0 saturated heterocycles. The quantitative estimate of drug-likeness (QED) is 0.286. The molecule has 0 aliphatic rings. The first-order chi connectivity index (χ1) is 4.71. The van der Waals surface area contributed by atoms with E-state index in [4.69, 9.17) is 19.6 Å². The van der Waals surface area contributed by atoms with Gasteiger partial charge in [-0.15, -0.1) is 4.86 Å². The Morgan fingerprint density at radius 1 is 1.00 bits per heavy atom. The second-order valence-electron chi connectivity index (χ2n) is 1.19. The molecule has 0 aromatic carbocycles. The van der Waals surface area contributed by atoms with E-state index in [2.05, 4.69) is 7.85 Å². The van der Waals surface area contributed by atoms with Crippen LogP contribution in [0.1, 0.15) is 0 Å². The molecule has 11 heavy (non-hydrogen) atoms. The first kappa shape index (κ1) is 13.9. The third kappa shape index (κ3) is 17.9. The first-order valence-corrected chi connectivity index (χ1v) is 5.41. The highest BCUT2D eigenvalue weighted by Gasteiger charge is 2.24. The van der Waals surface area contributed by atoms with Crippen LogP contribution in [0.25, 0.3) is 0 Å². The molecule has 0 atom stereocenters. The van der Waals surface area contributed by atoms with Gasteiger partial charge in [-0.3, -0.25) is 0 Å². The topological polar surface area (TPSA) is 127 Å². The van der Waals surface area contributed by atoms with Crippen molar-refractivity contribution in [2.75, 3.05) is 0 Å². The molecule has 2 radical (unpaired) electrons. The van der Waals surface area contributed by atoms with Crippen molar-refractivity contribution in [3.63, 3.8) is 0 Å². The lowest BCUT2D eigenvalue weighted by Gasteiger charge is -2.05. The van der Waals surface area contributed by atoms with Gasteiger partial charge in [0.2, 0.25) is 0 Å². The van der Waals surface area contributed by atoms with Crippen molar-refractivity contribution < 1.29 is 28.7 Å². The highest BCUT2D eigenvalue weighted by atomic mass is 31.3. The maximum absolute atomic E-state index is 9.74. The van der Waals surface area contributed by atoms with Gasteiger partial charge in [-0.2, -0.15) is 0 Å². The lowest BCUT2D eigenvalue weighted by molar-refractivity contribution is 0.338. The van der Waals surface area contributed by atoms with Crippen molar-refractivity contribution in [2.24, 2.45) is 0 Å². The van der Waals surface area contributed by atoms with E-state index in [-0.39, 0.29) is 0 Å². The van der Waals surface area contributed by atoms with Crippen LogP contribution >= 0.6 is 15.5 Å². The van der Waals surface area contributed by atoms with E-state index >= 15 is 0 Å². The van der Waals surface area contributed by atoms with Gasteiger partial charge in [-0.25, -0.2) is 9.13 Å². The summed E-state index contributed by atoms with van der Waals surface area (Å²) in [7, 11) is -5.10. The van der Waals surface area contributed by atoms with Gasteiger partial charge in [0, 0.05) is 0 Å². The van der Waals surface area contributed by atoms with Crippen molar-refractivity contribution >= 4 is 23.3 Å². The lowest BCUT2D eigenvalue weighted by Crippen LogP contribution is -2.04. The minimum absolute atomic E-state index is 0.792. The SMILES string of the molecule is O=P(O)(O)NP(=O)(O)O.[B]C. The molecule has 0 rings (SSSR count). The van der Waals surface area contributed by atoms with Crippen LogP contribution in [-0.4, -0.2) is 27.4 Å². The summed E-state index contributed by atoms with van der Waals surface area (Å²) in [5.41, 5.74) is 0. The monoisotopic (exact) mass is 203 g/mol. The molecule has 0 aromatic rings.